The molecule has 7 nitrogen and oxygen atoms in total. The van der Waals surface area contributed by atoms with Crippen LogP contribution in [0.2, 0.25) is 0 Å². The van der Waals surface area contributed by atoms with Crippen molar-refractivity contribution >= 4 is 22.9 Å². The second-order valence-electron chi connectivity index (χ2n) is 6.21. The van der Waals surface area contributed by atoms with Gasteiger partial charge in [-0.25, -0.2) is 4.98 Å². The summed E-state index contributed by atoms with van der Waals surface area (Å²) >= 11 is 0. The van der Waals surface area contributed by atoms with Gasteiger partial charge in [0.1, 0.15) is 17.0 Å². The van der Waals surface area contributed by atoms with Gasteiger partial charge < -0.3 is 9.30 Å². The van der Waals surface area contributed by atoms with Gasteiger partial charge in [0.05, 0.1) is 18.3 Å². The van der Waals surface area contributed by atoms with E-state index in [9.17, 15) is 4.79 Å². The van der Waals surface area contributed by atoms with Crippen LogP contribution < -0.4 is 10.1 Å². The monoisotopic (exact) mass is 355 g/mol. The number of carbonyl (C=O) groups is 1. The zero-order valence-corrected chi connectivity index (χ0v) is 15.7. The molecule has 138 valence electrons. The van der Waals surface area contributed by atoms with Crippen molar-refractivity contribution in [2.24, 2.45) is 0 Å². The van der Waals surface area contributed by atoms with E-state index in [1.165, 1.54) is 0 Å². The first-order valence-corrected chi connectivity index (χ1v) is 8.98. The molecule has 0 aliphatic rings. The Morgan fingerprint density at radius 2 is 2.12 bits per heavy atom. The quantitative estimate of drug-likeness (QED) is 0.702. The number of nitrogens with one attached hydrogen (secondary N) is 1. The molecule has 7 heteroatoms. The lowest BCUT2D eigenvalue weighted by molar-refractivity contribution is 0.101. The van der Waals surface area contributed by atoms with Crippen molar-refractivity contribution in [2.45, 2.75) is 46.7 Å². The largest absolute Gasteiger partial charge is 0.494 e. The normalized spacial score (nSPS) is 11.1. The molecule has 0 saturated carbocycles. The van der Waals surface area contributed by atoms with Gasteiger partial charge in [0.15, 0.2) is 0 Å². The highest BCUT2D eigenvalue weighted by molar-refractivity contribution is 6.03. The molecule has 0 atom stereocenters. The van der Waals surface area contributed by atoms with Crippen LogP contribution in [0.1, 0.15) is 42.9 Å². The van der Waals surface area contributed by atoms with Crippen LogP contribution in [0.4, 0.5) is 5.95 Å². The van der Waals surface area contributed by atoms with E-state index in [-0.39, 0.29) is 5.91 Å². The van der Waals surface area contributed by atoms with E-state index in [0.717, 1.165) is 41.9 Å². The van der Waals surface area contributed by atoms with Crippen LogP contribution in [-0.4, -0.2) is 32.3 Å². The first-order valence-electron chi connectivity index (χ1n) is 8.98. The van der Waals surface area contributed by atoms with Crippen LogP contribution in [0, 0.1) is 6.92 Å². The zero-order chi connectivity index (χ0) is 18.7. The van der Waals surface area contributed by atoms with E-state index in [4.69, 9.17) is 4.74 Å². The average Bonchev–Trinajstić information content (AvgIpc) is 3.19. The molecule has 0 spiro atoms. The van der Waals surface area contributed by atoms with Crippen LogP contribution in [0.25, 0.3) is 11.0 Å². The van der Waals surface area contributed by atoms with Gasteiger partial charge in [0.2, 0.25) is 5.95 Å². The summed E-state index contributed by atoms with van der Waals surface area (Å²) < 4.78 is 9.22. The molecular weight excluding hydrogens is 330 g/mol. The molecule has 0 fully saturated rings. The number of methoxy groups -OCH3 is 1. The van der Waals surface area contributed by atoms with Gasteiger partial charge in [-0.1, -0.05) is 19.4 Å². The maximum atomic E-state index is 12.8. The Morgan fingerprint density at radius 3 is 2.81 bits per heavy atom. The fourth-order valence-corrected chi connectivity index (χ4v) is 3.08. The second kappa shape index (κ2) is 7.59. The molecule has 26 heavy (non-hydrogen) atoms. The van der Waals surface area contributed by atoms with E-state index < -0.39 is 0 Å². The van der Waals surface area contributed by atoms with Crippen LogP contribution in [0.3, 0.4) is 0 Å². The minimum absolute atomic E-state index is 0.209. The summed E-state index contributed by atoms with van der Waals surface area (Å²) in [6.45, 7) is 7.37. The molecule has 1 N–H and O–H groups in total. The van der Waals surface area contributed by atoms with Crippen molar-refractivity contribution in [1.82, 2.24) is 19.3 Å². The molecular formula is C19H25N5O2. The number of ether oxygens (including phenoxy) is 1. The number of fused-ring (bicyclic) bond motifs is 1. The second-order valence-corrected chi connectivity index (χ2v) is 6.21. The van der Waals surface area contributed by atoms with Crippen molar-refractivity contribution in [3.8, 4) is 5.75 Å². The average molecular weight is 355 g/mol. The van der Waals surface area contributed by atoms with E-state index in [1.807, 2.05) is 36.6 Å². The molecule has 0 unspecified atom stereocenters. The molecule has 1 aromatic carbocycles. The van der Waals surface area contributed by atoms with Gasteiger partial charge in [0, 0.05) is 13.1 Å². The first-order chi connectivity index (χ1) is 12.6. The number of hydrogen-bond donors (Lipinski definition) is 1. The van der Waals surface area contributed by atoms with E-state index >= 15 is 0 Å². The number of amides is 1. The molecule has 2 heterocycles. The summed E-state index contributed by atoms with van der Waals surface area (Å²) in [5, 5.41) is 7.30. The number of carbonyl (C=O) groups excluding carboxylic acids is 1. The number of rotatable bonds is 7. The third-order valence-electron chi connectivity index (χ3n) is 4.34. The van der Waals surface area contributed by atoms with Gasteiger partial charge in [-0.3, -0.25) is 14.8 Å². The molecule has 0 bridgehead atoms. The Hall–Kier alpha value is -2.83. The standard InChI is InChI=1S/C19H25N5O2/c1-5-7-11-23-17-14(9-8-10-16(17)26-4)20-19(23)21-18(25)15-12-13(3)22-24(15)6-2/h8-10,12H,5-7,11H2,1-4H3,(H,20,21,25). The third kappa shape index (κ3) is 3.29. The highest BCUT2D eigenvalue weighted by Gasteiger charge is 2.19. The SMILES string of the molecule is CCCCn1c(NC(=O)c2cc(C)nn2CC)nc2cccc(OC)c21. The fourth-order valence-electron chi connectivity index (χ4n) is 3.08. The highest BCUT2D eigenvalue weighted by Crippen LogP contribution is 2.29. The number of para-hydroxylation sites is 1. The molecule has 3 aromatic rings. The molecule has 0 saturated heterocycles. The molecule has 0 radical (unpaired) electrons. The zero-order valence-electron chi connectivity index (χ0n) is 15.7. The van der Waals surface area contributed by atoms with E-state index in [1.54, 1.807) is 17.9 Å². The Bertz CT molecular complexity index is 926. The van der Waals surface area contributed by atoms with Gasteiger partial charge >= 0.3 is 0 Å². The number of anilines is 1. The predicted molar refractivity (Wildman–Crippen MR) is 102 cm³/mol. The van der Waals surface area contributed by atoms with Crippen molar-refractivity contribution in [1.29, 1.82) is 0 Å². The van der Waals surface area contributed by atoms with Crippen LogP contribution in [0.15, 0.2) is 24.3 Å². The van der Waals surface area contributed by atoms with Crippen LogP contribution >= 0.6 is 0 Å². The smallest absolute Gasteiger partial charge is 0.276 e. The number of imidazole rings is 1. The first kappa shape index (κ1) is 18.0. The molecule has 2 aromatic heterocycles. The van der Waals surface area contributed by atoms with Gasteiger partial charge in [0.25, 0.3) is 5.91 Å². The van der Waals surface area contributed by atoms with Crippen molar-refractivity contribution < 1.29 is 9.53 Å². The topological polar surface area (TPSA) is 74.0 Å². The minimum atomic E-state index is -0.209. The predicted octanol–water partition coefficient (Wildman–Crippen LogP) is 3.62. The summed E-state index contributed by atoms with van der Waals surface area (Å²) in [4.78, 5) is 17.4. The number of nitrogens with zero attached hydrogens (tertiary/aromatic N) is 4. The fraction of sp³-hybridized carbons (Fsp3) is 0.421. The Labute approximate surface area is 153 Å². The lowest BCUT2D eigenvalue weighted by Crippen LogP contribution is -2.20. The van der Waals surface area contributed by atoms with Gasteiger partial charge in [-0.2, -0.15) is 5.10 Å². The highest BCUT2D eigenvalue weighted by atomic mass is 16.5. The van der Waals surface area contributed by atoms with Crippen molar-refractivity contribution in [2.75, 3.05) is 12.4 Å². The van der Waals surface area contributed by atoms with E-state index in [2.05, 4.69) is 22.3 Å². The maximum absolute atomic E-state index is 12.8. The summed E-state index contributed by atoms with van der Waals surface area (Å²) in [5.41, 5.74) is 3.05. The van der Waals surface area contributed by atoms with Crippen LogP contribution in [-0.2, 0) is 13.1 Å². The van der Waals surface area contributed by atoms with Crippen molar-refractivity contribution in [3.63, 3.8) is 0 Å². The minimum Gasteiger partial charge on any atom is -0.494 e. The summed E-state index contributed by atoms with van der Waals surface area (Å²) in [5.74, 6) is 1.07. The number of aryl methyl sites for hydroxylation is 3. The van der Waals surface area contributed by atoms with Crippen LogP contribution in [0.5, 0.6) is 5.75 Å². The Kier molecular flexibility index (Phi) is 5.25. The molecule has 1 amide bonds. The lowest BCUT2D eigenvalue weighted by atomic mass is 10.2. The summed E-state index contributed by atoms with van der Waals surface area (Å²) in [7, 11) is 1.65. The van der Waals surface area contributed by atoms with Crippen molar-refractivity contribution in [3.05, 3.63) is 35.7 Å². The number of aromatic nitrogens is 4. The summed E-state index contributed by atoms with van der Waals surface area (Å²) in [6, 6.07) is 7.53. The lowest BCUT2D eigenvalue weighted by Gasteiger charge is -2.11. The summed E-state index contributed by atoms with van der Waals surface area (Å²) in [6.07, 6.45) is 2.03. The van der Waals surface area contributed by atoms with Gasteiger partial charge in [-0.15, -0.1) is 0 Å². The molecule has 3 rings (SSSR count). The molecule has 0 aliphatic carbocycles. The Balaban J connectivity index is 2.02. The molecule has 0 aliphatic heterocycles. The number of unbranched alkanes of at least 4 members (excludes halogenated alkanes) is 1. The maximum Gasteiger partial charge on any atom is 0.276 e. The Morgan fingerprint density at radius 1 is 1.31 bits per heavy atom. The number of benzene rings is 1. The van der Waals surface area contributed by atoms with E-state index in [0.29, 0.717) is 18.2 Å². The number of hydrogen-bond acceptors (Lipinski definition) is 4. The third-order valence-corrected chi connectivity index (χ3v) is 4.34. The van der Waals surface area contributed by atoms with Gasteiger partial charge in [-0.05, 0) is 38.5 Å².